The molecule has 0 aromatic heterocycles. The lowest BCUT2D eigenvalue weighted by Crippen LogP contribution is -2.44. The van der Waals surface area contributed by atoms with Gasteiger partial charge in [0.2, 0.25) is 0 Å². The first-order valence-corrected chi connectivity index (χ1v) is 9.63. The quantitative estimate of drug-likeness (QED) is 0.669. The minimum absolute atomic E-state index is 0.131. The van der Waals surface area contributed by atoms with E-state index in [1.165, 1.54) is 6.07 Å². The van der Waals surface area contributed by atoms with E-state index >= 15 is 0 Å². The normalized spacial score (nSPS) is 24.6. The van der Waals surface area contributed by atoms with Crippen molar-refractivity contribution in [2.45, 2.75) is 44.8 Å². The maximum Gasteiger partial charge on any atom is 0.389 e. The van der Waals surface area contributed by atoms with Crippen LogP contribution in [0.5, 0.6) is 5.75 Å². The first-order valence-electron chi connectivity index (χ1n) is 9.63. The number of piperidine rings is 1. The number of hydrogen-bond donors (Lipinski definition) is 0. The molecule has 0 aliphatic carbocycles. The summed E-state index contributed by atoms with van der Waals surface area (Å²) in [7, 11) is 1.57. The number of likely N-dealkylation sites (tertiary alicyclic amines) is 2. The molecule has 3 nitrogen and oxygen atoms in total. The molecule has 0 saturated carbocycles. The predicted molar refractivity (Wildman–Crippen MR) is 96.2 cm³/mol. The van der Waals surface area contributed by atoms with E-state index in [1.807, 2.05) is 0 Å². The predicted octanol–water partition coefficient (Wildman–Crippen LogP) is 4.46. The molecule has 3 rings (SSSR count). The Morgan fingerprint density at radius 1 is 1.11 bits per heavy atom. The highest BCUT2D eigenvalue weighted by Crippen LogP contribution is 2.39. The summed E-state index contributed by atoms with van der Waals surface area (Å²) in [6.45, 7) is 4.55. The average Bonchev–Trinajstić information content (AvgIpc) is 2.98. The molecule has 2 aliphatic rings. The van der Waals surface area contributed by atoms with Gasteiger partial charge in [-0.15, -0.1) is 0 Å². The van der Waals surface area contributed by atoms with Crippen LogP contribution in [0.3, 0.4) is 0 Å². The molecule has 1 unspecified atom stereocenters. The fourth-order valence-electron chi connectivity index (χ4n) is 4.54. The van der Waals surface area contributed by atoms with Gasteiger partial charge >= 0.3 is 6.18 Å². The number of nitrogens with zero attached hydrogens (tertiary/aromatic N) is 2. The van der Waals surface area contributed by atoms with Crippen molar-refractivity contribution in [3.05, 3.63) is 29.6 Å². The molecule has 2 saturated heterocycles. The molecule has 1 spiro atoms. The van der Waals surface area contributed by atoms with Crippen molar-refractivity contribution in [1.82, 2.24) is 9.80 Å². The second kappa shape index (κ2) is 8.35. The molecule has 27 heavy (non-hydrogen) atoms. The van der Waals surface area contributed by atoms with Crippen LogP contribution in [0.1, 0.15) is 37.7 Å². The van der Waals surface area contributed by atoms with Gasteiger partial charge in [-0.1, -0.05) is 0 Å². The van der Waals surface area contributed by atoms with Crippen molar-refractivity contribution >= 4 is 0 Å². The van der Waals surface area contributed by atoms with E-state index in [0.29, 0.717) is 24.4 Å². The second-order valence-electron chi connectivity index (χ2n) is 8.02. The van der Waals surface area contributed by atoms with Gasteiger partial charge in [0, 0.05) is 31.6 Å². The highest BCUT2D eigenvalue weighted by atomic mass is 19.4. The third-order valence-corrected chi connectivity index (χ3v) is 5.84. The lowest BCUT2D eigenvalue weighted by molar-refractivity contribution is -0.136. The van der Waals surface area contributed by atoms with Crippen LogP contribution in [0.4, 0.5) is 17.6 Å². The first kappa shape index (κ1) is 20.4. The largest absolute Gasteiger partial charge is 0.497 e. The summed E-state index contributed by atoms with van der Waals surface area (Å²) in [5.74, 6) is 0.422. The summed E-state index contributed by atoms with van der Waals surface area (Å²) < 4.78 is 56.4. The Bertz CT molecular complexity index is 637. The minimum Gasteiger partial charge on any atom is -0.497 e. The van der Waals surface area contributed by atoms with Crippen molar-refractivity contribution < 1.29 is 22.3 Å². The first-order chi connectivity index (χ1) is 12.8. The summed E-state index contributed by atoms with van der Waals surface area (Å²) in [6, 6.07) is 4.80. The summed E-state index contributed by atoms with van der Waals surface area (Å²) in [6.07, 6.45) is -1.46. The van der Waals surface area contributed by atoms with Crippen LogP contribution >= 0.6 is 0 Å². The summed E-state index contributed by atoms with van der Waals surface area (Å²) in [4.78, 5) is 4.45. The molecule has 1 aromatic carbocycles. The summed E-state index contributed by atoms with van der Waals surface area (Å²) in [5, 5.41) is 0. The molecule has 2 heterocycles. The third-order valence-electron chi connectivity index (χ3n) is 5.84. The molecule has 2 fully saturated rings. The molecule has 1 aromatic rings. The molecule has 0 N–H and O–H groups in total. The van der Waals surface area contributed by atoms with Gasteiger partial charge in [-0.05, 0) is 68.9 Å². The Labute approximate surface area is 158 Å². The van der Waals surface area contributed by atoms with Crippen molar-refractivity contribution in [1.29, 1.82) is 0 Å². The summed E-state index contributed by atoms with van der Waals surface area (Å²) >= 11 is 0. The molecule has 0 radical (unpaired) electrons. The zero-order valence-corrected chi connectivity index (χ0v) is 15.8. The van der Waals surface area contributed by atoms with E-state index in [4.69, 9.17) is 4.74 Å². The smallest absolute Gasteiger partial charge is 0.389 e. The highest BCUT2D eigenvalue weighted by molar-refractivity contribution is 5.29. The van der Waals surface area contributed by atoms with Gasteiger partial charge in [0.25, 0.3) is 0 Å². The fraction of sp³-hybridized carbons (Fsp3) is 0.700. The Morgan fingerprint density at radius 3 is 2.63 bits per heavy atom. The van der Waals surface area contributed by atoms with Gasteiger partial charge in [0.15, 0.2) is 0 Å². The minimum atomic E-state index is -4.07. The number of benzene rings is 1. The fourth-order valence-corrected chi connectivity index (χ4v) is 4.54. The van der Waals surface area contributed by atoms with E-state index in [9.17, 15) is 17.6 Å². The number of ether oxygens (including phenoxy) is 1. The molecule has 2 aliphatic heterocycles. The van der Waals surface area contributed by atoms with Crippen molar-refractivity contribution in [3.8, 4) is 5.75 Å². The maximum atomic E-state index is 14.1. The number of halogens is 4. The Morgan fingerprint density at radius 2 is 1.89 bits per heavy atom. The van der Waals surface area contributed by atoms with Gasteiger partial charge in [-0.2, -0.15) is 13.2 Å². The molecule has 0 amide bonds. The van der Waals surface area contributed by atoms with Crippen LogP contribution in [0, 0.1) is 11.2 Å². The number of alkyl halides is 3. The van der Waals surface area contributed by atoms with E-state index in [2.05, 4.69) is 9.80 Å². The second-order valence-corrected chi connectivity index (χ2v) is 8.02. The lowest BCUT2D eigenvalue weighted by atomic mass is 9.79. The van der Waals surface area contributed by atoms with E-state index in [1.54, 1.807) is 19.2 Å². The van der Waals surface area contributed by atoms with Crippen LogP contribution in [-0.2, 0) is 6.54 Å². The van der Waals surface area contributed by atoms with Gasteiger partial charge in [-0.25, -0.2) is 4.39 Å². The van der Waals surface area contributed by atoms with Gasteiger partial charge in [0.05, 0.1) is 7.11 Å². The van der Waals surface area contributed by atoms with Crippen molar-refractivity contribution in [2.24, 2.45) is 5.41 Å². The monoisotopic (exact) mass is 388 g/mol. The van der Waals surface area contributed by atoms with Crippen molar-refractivity contribution in [3.63, 3.8) is 0 Å². The van der Waals surface area contributed by atoms with E-state index in [0.717, 1.165) is 45.4 Å². The summed E-state index contributed by atoms with van der Waals surface area (Å²) in [5.41, 5.74) is 0.762. The van der Waals surface area contributed by atoms with Crippen LogP contribution in [-0.4, -0.2) is 55.8 Å². The lowest BCUT2D eigenvalue weighted by Gasteiger charge is -2.40. The Balaban J connectivity index is 1.55. The zero-order chi connectivity index (χ0) is 19.5. The van der Waals surface area contributed by atoms with Crippen LogP contribution < -0.4 is 4.74 Å². The molecular formula is C20H28F4N2O. The zero-order valence-electron chi connectivity index (χ0n) is 15.8. The number of hydrogen-bond acceptors (Lipinski definition) is 3. The number of rotatable bonds is 6. The van der Waals surface area contributed by atoms with Crippen LogP contribution in [0.25, 0.3) is 0 Å². The standard InChI is InChI=1S/C20H28F4N2O/c1-27-17-4-5-18(21)16(12-17)13-26-10-2-6-19(15-26)8-11-25(14-19)9-3-7-20(22,23)24/h4-5,12H,2-3,6-11,13-15H2,1H3. The van der Waals surface area contributed by atoms with Crippen LogP contribution in [0.15, 0.2) is 18.2 Å². The topological polar surface area (TPSA) is 15.7 Å². The third kappa shape index (κ3) is 5.57. The highest BCUT2D eigenvalue weighted by Gasteiger charge is 2.41. The van der Waals surface area contributed by atoms with Gasteiger partial charge < -0.3 is 9.64 Å². The Hall–Kier alpha value is -1.34. The molecule has 1 atom stereocenters. The van der Waals surface area contributed by atoms with E-state index in [-0.39, 0.29) is 17.7 Å². The molecular weight excluding hydrogens is 360 g/mol. The van der Waals surface area contributed by atoms with Gasteiger partial charge in [0.1, 0.15) is 11.6 Å². The number of methoxy groups -OCH3 is 1. The van der Waals surface area contributed by atoms with E-state index < -0.39 is 12.6 Å². The molecule has 7 heteroatoms. The van der Waals surface area contributed by atoms with Crippen LogP contribution in [0.2, 0.25) is 0 Å². The Kier molecular flexibility index (Phi) is 6.31. The van der Waals surface area contributed by atoms with Crippen molar-refractivity contribution in [2.75, 3.05) is 39.8 Å². The maximum absolute atomic E-state index is 14.1. The SMILES string of the molecule is COc1ccc(F)c(CN2CCCC3(CCN(CCCC(F)(F)F)C3)C2)c1. The van der Waals surface area contributed by atoms with Gasteiger partial charge in [-0.3, -0.25) is 4.90 Å². The molecule has 152 valence electrons. The average molecular weight is 388 g/mol. The molecule has 0 bridgehead atoms.